The van der Waals surface area contributed by atoms with Crippen molar-refractivity contribution in [2.45, 2.75) is 13.8 Å². The second kappa shape index (κ2) is 12.6. The van der Waals surface area contributed by atoms with E-state index in [1.165, 1.54) is 0 Å². The van der Waals surface area contributed by atoms with Gasteiger partial charge in [-0.3, -0.25) is 0 Å². The zero-order valence-electron chi connectivity index (χ0n) is 23.0. The van der Waals surface area contributed by atoms with Gasteiger partial charge < -0.3 is 9.47 Å². The van der Waals surface area contributed by atoms with Crippen LogP contribution in [0.5, 0.6) is 0 Å². The Balaban J connectivity index is 1.72. The molecule has 0 saturated heterocycles. The largest absolute Gasteiger partial charge is 0.462 e. The molecule has 0 saturated carbocycles. The summed E-state index contributed by atoms with van der Waals surface area (Å²) in [6, 6.07) is 40.3. The zero-order chi connectivity index (χ0) is 28.7. The molecule has 0 N–H and O–H groups in total. The fourth-order valence-electron chi connectivity index (χ4n) is 4.93. The summed E-state index contributed by atoms with van der Waals surface area (Å²) < 4.78 is 10.5. The monoisotopic (exact) mass is 557 g/mol. The molecule has 3 aromatic rings. The van der Waals surface area contributed by atoms with Gasteiger partial charge in [0.2, 0.25) is 0 Å². The van der Waals surface area contributed by atoms with Crippen LogP contribution < -0.4 is 15.9 Å². The van der Waals surface area contributed by atoms with Crippen LogP contribution in [0.2, 0.25) is 0 Å². The van der Waals surface area contributed by atoms with Gasteiger partial charge in [-0.15, -0.1) is 0 Å². The Morgan fingerprint density at radius 3 is 1.34 bits per heavy atom. The first kappa shape index (κ1) is 27.8. The van der Waals surface area contributed by atoms with Crippen LogP contribution in [0.25, 0.3) is 11.1 Å². The van der Waals surface area contributed by atoms with Crippen molar-refractivity contribution in [2.24, 2.45) is 0 Å². The highest BCUT2D eigenvalue weighted by atomic mass is 31.2. The van der Waals surface area contributed by atoms with Crippen LogP contribution in [-0.2, 0) is 9.47 Å². The Morgan fingerprint density at radius 1 is 0.585 bits per heavy atom. The normalized spacial score (nSPS) is 10.9. The Bertz CT molecular complexity index is 1540. The Kier molecular flexibility index (Phi) is 8.59. The summed E-state index contributed by atoms with van der Waals surface area (Å²) in [5.74, 6) is 2.52. The predicted molar refractivity (Wildman–Crippen MR) is 167 cm³/mol. The van der Waals surface area contributed by atoms with Gasteiger partial charge in [-0.2, -0.15) is 0 Å². The van der Waals surface area contributed by atoms with Gasteiger partial charge in [-0.1, -0.05) is 66.7 Å². The molecule has 5 heteroatoms. The minimum atomic E-state index is -2.36. The molecule has 0 aromatic heterocycles. The van der Waals surface area contributed by atoms with E-state index in [0.29, 0.717) is 22.3 Å². The van der Waals surface area contributed by atoms with Crippen molar-refractivity contribution in [3.63, 3.8) is 0 Å². The smallest absolute Gasteiger partial charge is 0.338 e. The quantitative estimate of drug-likeness (QED) is 0.131. The van der Waals surface area contributed by atoms with Gasteiger partial charge in [0.1, 0.15) is 15.9 Å². The van der Waals surface area contributed by atoms with E-state index in [2.05, 4.69) is 84.4 Å². The lowest BCUT2D eigenvalue weighted by molar-refractivity contribution is 0.0525. The Morgan fingerprint density at radius 2 is 0.976 bits per heavy atom. The summed E-state index contributed by atoms with van der Waals surface area (Å²) in [6.45, 7) is 3.98. The summed E-state index contributed by atoms with van der Waals surface area (Å²) in [5.41, 5.74) is 6.42. The number of fused-ring (bicyclic) bond motifs is 1. The van der Waals surface area contributed by atoms with Gasteiger partial charge in [0, 0.05) is 5.56 Å². The van der Waals surface area contributed by atoms with E-state index in [4.69, 9.17) is 9.47 Å². The minimum Gasteiger partial charge on any atom is -0.462 e. The van der Waals surface area contributed by atoms with Gasteiger partial charge in [0.25, 0.3) is 0 Å². The van der Waals surface area contributed by atoms with Crippen LogP contribution in [0.15, 0.2) is 121 Å². The lowest BCUT2D eigenvalue weighted by Crippen LogP contribution is -2.29. The van der Waals surface area contributed by atoms with E-state index in [-0.39, 0.29) is 13.2 Å². The number of carbonyl (C=O) groups excluding carboxylic acids is 2. The molecule has 202 valence electrons. The lowest BCUT2D eigenvalue weighted by atomic mass is 10.1. The second-order valence-electron chi connectivity index (χ2n) is 9.28. The Hall–Kier alpha value is -4.71. The van der Waals surface area contributed by atoms with Gasteiger partial charge in [0.15, 0.2) is 7.26 Å². The fraction of sp³-hybridized carbons (Fsp3) is 0.111. The van der Waals surface area contributed by atoms with Crippen LogP contribution in [0.3, 0.4) is 0 Å². The van der Waals surface area contributed by atoms with Gasteiger partial charge >= 0.3 is 11.9 Å². The molecule has 0 bridgehead atoms. The van der Waals surface area contributed by atoms with Crippen molar-refractivity contribution in [1.29, 1.82) is 0 Å². The highest BCUT2D eigenvalue weighted by Gasteiger charge is 2.44. The maximum Gasteiger partial charge on any atom is 0.338 e. The maximum atomic E-state index is 12.8. The lowest BCUT2D eigenvalue weighted by Gasteiger charge is -2.21. The van der Waals surface area contributed by atoms with Crippen LogP contribution in [0.4, 0.5) is 0 Å². The maximum absolute atomic E-state index is 12.8. The molecule has 0 unspecified atom stereocenters. The molecular formula is C36H30O4P+. The third kappa shape index (κ3) is 5.64. The number of ether oxygens (including phenoxy) is 2. The number of rotatable bonds is 7. The van der Waals surface area contributed by atoms with Crippen molar-refractivity contribution in [3.05, 3.63) is 138 Å². The van der Waals surface area contributed by atoms with E-state index in [1.54, 1.807) is 19.9 Å². The standard InChI is InChI=1S/C36H30O4P/c1-3-39-35(37)33-26-34(36(38)40-4-2)32-23-21-27(20-22-31(32)33)24-25-41(28-14-8-5-9-15-28,29-16-10-6-11-17-29)30-18-12-7-13-19-30/h5-23,26H,3-4H2,1-2H3/q+1. The van der Waals surface area contributed by atoms with E-state index < -0.39 is 19.2 Å². The molecule has 0 spiro atoms. The first-order valence-electron chi connectivity index (χ1n) is 13.6. The average molecular weight is 558 g/mol. The molecule has 4 nitrogen and oxygen atoms in total. The summed E-state index contributed by atoms with van der Waals surface area (Å²) in [6.07, 6.45) is 0. The minimum absolute atomic E-state index is 0.236. The number of esters is 2. The van der Waals surface area contributed by atoms with Crippen LogP contribution in [-0.4, -0.2) is 25.2 Å². The molecule has 0 aliphatic heterocycles. The molecule has 3 aromatic carbocycles. The van der Waals surface area contributed by atoms with Gasteiger partial charge in [-0.25, -0.2) is 9.59 Å². The molecule has 0 heterocycles. The zero-order valence-corrected chi connectivity index (χ0v) is 23.9. The summed E-state index contributed by atoms with van der Waals surface area (Å²) >= 11 is 0. The molecule has 2 aliphatic rings. The van der Waals surface area contributed by atoms with E-state index >= 15 is 0 Å². The fourth-order valence-corrected chi connectivity index (χ4v) is 8.37. The predicted octanol–water partition coefficient (Wildman–Crippen LogP) is 6.45. The molecular weight excluding hydrogens is 527 g/mol. The molecule has 41 heavy (non-hydrogen) atoms. The van der Waals surface area contributed by atoms with Crippen molar-refractivity contribution in [3.8, 4) is 22.7 Å². The average Bonchev–Trinajstić information content (AvgIpc) is 3.26. The van der Waals surface area contributed by atoms with Crippen molar-refractivity contribution in [2.75, 3.05) is 13.2 Å². The second-order valence-corrected chi connectivity index (χ2v) is 12.4. The molecule has 0 fully saturated rings. The third-order valence-corrected chi connectivity index (χ3v) is 10.5. The van der Waals surface area contributed by atoms with E-state index in [9.17, 15) is 9.59 Å². The molecule has 2 aliphatic carbocycles. The highest BCUT2D eigenvalue weighted by molar-refractivity contribution is 7.99. The topological polar surface area (TPSA) is 52.6 Å². The number of benzene rings is 3. The van der Waals surface area contributed by atoms with Crippen LogP contribution in [0, 0.1) is 11.6 Å². The number of hydrogen-bond acceptors (Lipinski definition) is 4. The van der Waals surface area contributed by atoms with Crippen LogP contribution in [0.1, 0.15) is 40.1 Å². The first-order valence-corrected chi connectivity index (χ1v) is 15.4. The number of hydrogen-bond donors (Lipinski definition) is 0. The molecule has 0 atom stereocenters. The Labute approximate surface area is 241 Å². The molecule has 5 rings (SSSR count). The summed E-state index contributed by atoms with van der Waals surface area (Å²) in [5, 5.41) is 3.49. The van der Waals surface area contributed by atoms with Crippen molar-refractivity contribution < 1.29 is 19.1 Å². The highest BCUT2D eigenvalue weighted by Crippen LogP contribution is 2.54. The molecule has 0 radical (unpaired) electrons. The van der Waals surface area contributed by atoms with Gasteiger partial charge in [-0.05, 0) is 85.5 Å². The van der Waals surface area contributed by atoms with Crippen molar-refractivity contribution >= 4 is 35.1 Å². The third-order valence-electron chi connectivity index (χ3n) is 6.81. The SMILES string of the molecule is CCOC(=O)c1cc(C(=O)OCC)c2ccc(C#C[P+](c3ccccc3)(c3ccccc3)c3ccccc3)ccc1-2. The summed E-state index contributed by atoms with van der Waals surface area (Å²) in [4.78, 5) is 25.5. The first-order chi connectivity index (χ1) is 20.1. The van der Waals surface area contributed by atoms with Crippen LogP contribution >= 0.6 is 7.26 Å². The van der Waals surface area contributed by atoms with E-state index in [1.807, 2.05) is 42.5 Å². The van der Waals surface area contributed by atoms with E-state index in [0.717, 1.165) is 21.5 Å². The number of carbonyl (C=O) groups is 2. The molecule has 0 amide bonds. The van der Waals surface area contributed by atoms with Gasteiger partial charge in [0.05, 0.1) is 30.0 Å². The van der Waals surface area contributed by atoms with Crippen molar-refractivity contribution in [1.82, 2.24) is 0 Å². The summed E-state index contributed by atoms with van der Waals surface area (Å²) in [7, 11) is -2.36.